The van der Waals surface area contributed by atoms with Crippen LogP contribution in [0.2, 0.25) is 5.02 Å². The monoisotopic (exact) mass is 434 g/mol. The molecule has 0 amide bonds. The van der Waals surface area contributed by atoms with E-state index in [0.717, 1.165) is 16.4 Å². The van der Waals surface area contributed by atoms with Crippen LogP contribution in [0.1, 0.15) is 15.9 Å². The molecule has 0 N–H and O–H groups in total. The van der Waals surface area contributed by atoms with Crippen LogP contribution in [0.25, 0.3) is 0 Å². The number of ether oxygens (including phenoxy) is 1. The Morgan fingerprint density at radius 2 is 1.76 bits per heavy atom. The summed E-state index contributed by atoms with van der Waals surface area (Å²) in [5, 5.41) is 0.510. The first-order chi connectivity index (χ1) is 13.8. The molecule has 0 radical (unpaired) electrons. The van der Waals surface area contributed by atoms with E-state index in [1.165, 1.54) is 37.7 Å². The maximum atomic E-state index is 13.3. The molecular weight excluding hydrogens is 419 g/mol. The fourth-order valence-corrected chi connectivity index (χ4v) is 4.16. The molecule has 0 aliphatic heterocycles. The summed E-state index contributed by atoms with van der Waals surface area (Å²) in [7, 11) is -2.87. The lowest BCUT2D eigenvalue weighted by Crippen LogP contribution is -2.31. The summed E-state index contributed by atoms with van der Waals surface area (Å²) in [6.45, 7) is -0.0524. The van der Waals surface area contributed by atoms with Gasteiger partial charge in [-0.1, -0.05) is 23.7 Å². The van der Waals surface area contributed by atoms with Gasteiger partial charge in [-0.2, -0.15) is 0 Å². The largest absolute Gasteiger partial charge is 0.465 e. The van der Waals surface area contributed by atoms with E-state index in [-0.39, 0.29) is 22.7 Å². The highest BCUT2D eigenvalue weighted by molar-refractivity contribution is 7.92. The molecular formula is C20H16ClFN2O4S. The van der Waals surface area contributed by atoms with Crippen molar-refractivity contribution >= 4 is 33.3 Å². The Bertz CT molecular complexity index is 1120. The number of benzene rings is 2. The highest BCUT2D eigenvalue weighted by Gasteiger charge is 2.26. The fraction of sp³-hybridized carbons (Fsp3) is 0.100. The Morgan fingerprint density at radius 3 is 2.38 bits per heavy atom. The Hall–Kier alpha value is -2.97. The number of sulfonamides is 1. The lowest BCUT2D eigenvalue weighted by Gasteiger charge is -2.24. The molecule has 0 aliphatic rings. The topological polar surface area (TPSA) is 76.6 Å². The van der Waals surface area contributed by atoms with Crippen LogP contribution in [0, 0.1) is 5.82 Å². The number of esters is 1. The number of carbonyl (C=O) groups is 1. The van der Waals surface area contributed by atoms with E-state index < -0.39 is 21.8 Å². The summed E-state index contributed by atoms with van der Waals surface area (Å²) in [6, 6.07) is 12.5. The van der Waals surface area contributed by atoms with E-state index >= 15 is 0 Å². The van der Waals surface area contributed by atoms with Crippen molar-refractivity contribution in [3.63, 3.8) is 0 Å². The van der Waals surface area contributed by atoms with Gasteiger partial charge in [-0.05, 0) is 48.0 Å². The van der Waals surface area contributed by atoms with Gasteiger partial charge >= 0.3 is 5.97 Å². The molecule has 0 spiro atoms. The molecule has 6 nitrogen and oxygen atoms in total. The summed E-state index contributed by atoms with van der Waals surface area (Å²) in [4.78, 5) is 15.7. The van der Waals surface area contributed by atoms with E-state index in [1.807, 2.05) is 0 Å². The molecule has 0 saturated heterocycles. The number of nitrogens with zero attached hydrogens (tertiary/aromatic N) is 2. The van der Waals surface area contributed by atoms with Gasteiger partial charge in [-0.3, -0.25) is 9.29 Å². The van der Waals surface area contributed by atoms with Crippen molar-refractivity contribution in [3.8, 4) is 0 Å². The molecule has 0 bridgehead atoms. The summed E-state index contributed by atoms with van der Waals surface area (Å²) in [5.41, 5.74) is 0.913. The van der Waals surface area contributed by atoms with Gasteiger partial charge in [0.05, 0.1) is 36.0 Å². The van der Waals surface area contributed by atoms with Crippen LogP contribution in [-0.2, 0) is 21.3 Å². The van der Waals surface area contributed by atoms with Crippen molar-refractivity contribution in [1.29, 1.82) is 0 Å². The minimum Gasteiger partial charge on any atom is -0.465 e. The van der Waals surface area contributed by atoms with Crippen LogP contribution in [0.3, 0.4) is 0 Å². The molecule has 0 aliphatic carbocycles. The number of pyridine rings is 1. The Balaban J connectivity index is 2.10. The van der Waals surface area contributed by atoms with E-state index in [1.54, 1.807) is 24.3 Å². The fourth-order valence-electron chi connectivity index (χ4n) is 2.60. The third-order valence-corrected chi connectivity index (χ3v) is 6.11. The van der Waals surface area contributed by atoms with Gasteiger partial charge in [0.2, 0.25) is 0 Å². The second-order valence-electron chi connectivity index (χ2n) is 6.02. The van der Waals surface area contributed by atoms with Crippen molar-refractivity contribution < 1.29 is 22.3 Å². The van der Waals surface area contributed by atoms with Gasteiger partial charge in [0.15, 0.2) is 0 Å². The number of methoxy groups -OCH3 is 1. The normalized spacial score (nSPS) is 11.1. The first-order valence-electron chi connectivity index (χ1n) is 8.37. The van der Waals surface area contributed by atoms with Crippen LogP contribution in [-0.4, -0.2) is 26.5 Å². The average Bonchev–Trinajstić information content (AvgIpc) is 2.73. The molecule has 0 unspecified atom stereocenters. The van der Waals surface area contributed by atoms with Gasteiger partial charge in [0.1, 0.15) is 5.82 Å². The van der Waals surface area contributed by atoms with Crippen LogP contribution < -0.4 is 4.31 Å². The lowest BCUT2D eigenvalue weighted by molar-refractivity contribution is 0.0600. The number of hydrogen-bond acceptors (Lipinski definition) is 5. The average molecular weight is 435 g/mol. The number of aromatic nitrogens is 1. The SMILES string of the molecule is COC(=O)c1cncc(N(Cc2ccc(Cl)cc2)S(=O)(=O)c2ccc(F)cc2)c1. The number of anilines is 1. The minimum atomic E-state index is -4.09. The van der Waals surface area contributed by atoms with Gasteiger partial charge in [-0.15, -0.1) is 0 Å². The minimum absolute atomic E-state index is 0.0524. The van der Waals surface area contributed by atoms with E-state index in [2.05, 4.69) is 9.72 Å². The van der Waals surface area contributed by atoms with Crippen molar-refractivity contribution in [2.45, 2.75) is 11.4 Å². The molecule has 2 aromatic carbocycles. The molecule has 0 saturated carbocycles. The van der Waals surface area contributed by atoms with E-state index in [0.29, 0.717) is 10.6 Å². The molecule has 1 heterocycles. The highest BCUT2D eigenvalue weighted by atomic mass is 35.5. The second kappa shape index (κ2) is 8.59. The molecule has 3 rings (SSSR count). The van der Waals surface area contributed by atoms with Crippen LogP contribution in [0.5, 0.6) is 0 Å². The zero-order chi connectivity index (χ0) is 21.0. The van der Waals surface area contributed by atoms with Crippen molar-refractivity contribution in [3.05, 3.63) is 89.0 Å². The maximum absolute atomic E-state index is 13.3. The van der Waals surface area contributed by atoms with Crippen LogP contribution >= 0.6 is 11.6 Å². The third kappa shape index (κ3) is 4.72. The van der Waals surface area contributed by atoms with Gasteiger partial charge in [-0.25, -0.2) is 17.6 Å². The van der Waals surface area contributed by atoms with E-state index in [9.17, 15) is 17.6 Å². The summed E-state index contributed by atoms with van der Waals surface area (Å²) in [6.07, 6.45) is 2.60. The van der Waals surface area contributed by atoms with Crippen molar-refractivity contribution in [1.82, 2.24) is 4.98 Å². The molecule has 1 aromatic heterocycles. The quantitative estimate of drug-likeness (QED) is 0.547. The van der Waals surface area contributed by atoms with Crippen LogP contribution in [0.4, 0.5) is 10.1 Å². The highest BCUT2D eigenvalue weighted by Crippen LogP contribution is 2.27. The van der Waals surface area contributed by atoms with Gasteiger partial charge < -0.3 is 4.74 Å². The van der Waals surface area contributed by atoms with Crippen molar-refractivity contribution in [2.75, 3.05) is 11.4 Å². The first-order valence-corrected chi connectivity index (χ1v) is 10.2. The van der Waals surface area contributed by atoms with Gasteiger partial charge in [0.25, 0.3) is 10.0 Å². The second-order valence-corrected chi connectivity index (χ2v) is 8.31. The molecule has 0 fully saturated rings. The van der Waals surface area contributed by atoms with Crippen LogP contribution in [0.15, 0.2) is 71.9 Å². The van der Waals surface area contributed by atoms with E-state index in [4.69, 9.17) is 11.6 Å². The lowest BCUT2D eigenvalue weighted by atomic mass is 10.2. The number of rotatable bonds is 6. The smallest absolute Gasteiger partial charge is 0.339 e. The number of halogens is 2. The first kappa shape index (κ1) is 20.8. The summed E-state index contributed by atoms with van der Waals surface area (Å²) >= 11 is 5.91. The molecule has 0 atom stereocenters. The van der Waals surface area contributed by atoms with Gasteiger partial charge in [0, 0.05) is 11.2 Å². The predicted molar refractivity (Wildman–Crippen MR) is 107 cm³/mol. The zero-order valence-electron chi connectivity index (χ0n) is 15.2. The Kier molecular flexibility index (Phi) is 6.14. The maximum Gasteiger partial charge on any atom is 0.339 e. The van der Waals surface area contributed by atoms with Crippen molar-refractivity contribution in [2.24, 2.45) is 0 Å². The summed E-state index contributed by atoms with van der Waals surface area (Å²) < 4.78 is 45.6. The zero-order valence-corrected chi connectivity index (χ0v) is 16.8. The standard InChI is InChI=1S/C20H16ClFN2O4S/c1-28-20(25)15-10-18(12-23-11-15)24(13-14-2-4-16(21)5-3-14)29(26,27)19-8-6-17(22)7-9-19/h2-12H,13H2,1H3. The Morgan fingerprint density at radius 1 is 1.10 bits per heavy atom. The third-order valence-electron chi connectivity index (χ3n) is 4.07. The number of hydrogen-bond donors (Lipinski definition) is 0. The Labute approximate surface area is 172 Å². The number of carbonyl (C=O) groups excluding carboxylic acids is 1. The molecule has 29 heavy (non-hydrogen) atoms. The predicted octanol–water partition coefficient (Wildman–Crippen LogP) is 4.06. The summed E-state index contributed by atoms with van der Waals surface area (Å²) in [5.74, 6) is -1.20. The molecule has 9 heteroatoms. The molecule has 150 valence electrons. The molecule has 3 aromatic rings.